The first kappa shape index (κ1) is 50.3. The lowest BCUT2D eigenvalue weighted by Crippen LogP contribution is -2.48. The van der Waals surface area contributed by atoms with E-state index in [1.807, 2.05) is 0 Å². The summed E-state index contributed by atoms with van der Waals surface area (Å²) < 4.78 is 11.4. The molecule has 1 heterocycles. The number of hydrogen-bond acceptors (Lipinski definition) is 7. The minimum atomic E-state index is -0.0864. The van der Waals surface area contributed by atoms with Gasteiger partial charge in [0, 0.05) is 45.1 Å². The molecule has 54 heavy (non-hydrogen) atoms. The van der Waals surface area contributed by atoms with Gasteiger partial charge in [0.2, 0.25) is 0 Å². The van der Waals surface area contributed by atoms with Crippen molar-refractivity contribution in [1.82, 2.24) is 9.80 Å². The Bertz CT molecular complexity index is 828. The predicted molar refractivity (Wildman–Crippen MR) is 231 cm³/mol. The first-order chi connectivity index (χ1) is 26.6. The van der Waals surface area contributed by atoms with Crippen LogP contribution in [0.2, 0.25) is 0 Å². The summed E-state index contributed by atoms with van der Waals surface area (Å²) in [5, 5.41) is 0. The molecule has 0 radical (unpaired) electrons. The summed E-state index contributed by atoms with van der Waals surface area (Å²) in [7, 11) is 0. The molecule has 1 aliphatic rings. The monoisotopic (exact) mass is 760 g/mol. The second-order valence-corrected chi connectivity index (χ2v) is 16.0. The zero-order valence-electron chi connectivity index (χ0n) is 35.9. The van der Waals surface area contributed by atoms with Gasteiger partial charge in [0.1, 0.15) is 13.2 Å². The number of unbranched alkanes of at least 4 members (excludes halogenated alkanes) is 22. The third kappa shape index (κ3) is 32.5. The Morgan fingerprint density at radius 1 is 0.556 bits per heavy atom. The van der Waals surface area contributed by atoms with E-state index in [1.165, 1.54) is 141 Å². The standard InChI is InChI=1S/C47H89N3O4/c1-3-5-7-9-11-13-15-17-19-21-23-25-27-29-31-33-46(51)53-43-41-50(45-35-38-49(39-36-45)40-37-48)42-44-54-47(52)34-32-30-28-26-24-22-20-18-16-14-12-10-8-6-4-2/h17-20,45H,3-16,21-44,48H2,1-2H3/b19-17-,20-18-. The normalized spacial score (nSPS) is 14.2. The van der Waals surface area contributed by atoms with Gasteiger partial charge in [-0.25, -0.2) is 0 Å². The minimum Gasteiger partial charge on any atom is -0.464 e. The van der Waals surface area contributed by atoms with Crippen LogP contribution in [0.4, 0.5) is 0 Å². The van der Waals surface area contributed by atoms with E-state index in [0.29, 0.717) is 51.7 Å². The van der Waals surface area contributed by atoms with Gasteiger partial charge in [-0.05, 0) is 90.1 Å². The van der Waals surface area contributed by atoms with Crippen molar-refractivity contribution in [2.75, 3.05) is 52.5 Å². The Morgan fingerprint density at radius 3 is 1.28 bits per heavy atom. The van der Waals surface area contributed by atoms with Gasteiger partial charge in [0.25, 0.3) is 0 Å². The largest absolute Gasteiger partial charge is 0.464 e. The number of piperidine rings is 1. The van der Waals surface area contributed by atoms with Crippen molar-refractivity contribution in [3.8, 4) is 0 Å². The molecular weight excluding hydrogens is 671 g/mol. The van der Waals surface area contributed by atoms with E-state index in [9.17, 15) is 9.59 Å². The summed E-state index contributed by atoms with van der Waals surface area (Å²) in [6.45, 7) is 10.4. The van der Waals surface area contributed by atoms with E-state index in [1.54, 1.807) is 0 Å². The van der Waals surface area contributed by atoms with E-state index in [4.69, 9.17) is 15.2 Å². The second-order valence-electron chi connectivity index (χ2n) is 16.0. The highest BCUT2D eigenvalue weighted by atomic mass is 16.5. The molecule has 7 nitrogen and oxygen atoms in total. The van der Waals surface area contributed by atoms with Gasteiger partial charge in [-0.15, -0.1) is 0 Å². The van der Waals surface area contributed by atoms with E-state index in [2.05, 4.69) is 48.0 Å². The fraction of sp³-hybridized carbons (Fsp3) is 0.872. The fourth-order valence-electron chi connectivity index (χ4n) is 7.55. The van der Waals surface area contributed by atoms with E-state index >= 15 is 0 Å². The number of carbonyl (C=O) groups excluding carboxylic acids is 2. The number of nitrogens with two attached hydrogens (primary N) is 1. The molecule has 0 aliphatic carbocycles. The molecule has 7 heteroatoms. The number of rotatable bonds is 39. The quantitative estimate of drug-likeness (QED) is 0.0379. The number of nitrogens with zero attached hydrogens (tertiary/aromatic N) is 2. The minimum absolute atomic E-state index is 0.0864. The third-order valence-corrected chi connectivity index (χ3v) is 11.1. The highest BCUT2D eigenvalue weighted by Gasteiger charge is 2.24. The summed E-state index contributed by atoms with van der Waals surface area (Å²) in [4.78, 5) is 29.8. The molecule has 2 N–H and O–H groups in total. The Hall–Kier alpha value is -1.70. The summed E-state index contributed by atoms with van der Waals surface area (Å²) in [6.07, 6.45) is 45.1. The van der Waals surface area contributed by atoms with Crippen molar-refractivity contribution in [2.24, 2.45) is 5.73 Å². The maximum Gasteiger partial charge on any atom is 0.305 e. The van der Waals surface area contributed by atoms with Gasteiger partial charge in [0.05, 0.1) is 0 Å². The Morgan fingerprint density at radius 2 is 0.907 bits per heavy atom. The molecule has 0 spiro atoms. The Labute approximate surface area is 335 Å². The molecule has 1 saturated heterocycles. The van der Waals surface area contributed by atoms with E-state index in [0.717, 1.165) is 58.2 Å². The lowest BCUT2D eigenvalue weighted by molar-refractivity contribution is -0.145. The molecule has 0 amide bonds. The van der Waals surface area contributed by atoms with Crippen molar-refractivity contribution in [3.05, 3.63) is 24.3 Å². The Kier molecular flexibility index (Phi) is 36.8. The molecule has 1 rings (SSSR count). The van der Waals surface area contributed by atoms with E-state index in [-0.39, 0.29) is 11.9 Å². The van der Waals surface area contributed by atoms with Gasteiger partial charge < -0.3 is 20.1 Å². The fourth-order valence-corrected chi connectivity index (χ4v) is 7.55. The number of likely N-dealkylation sites (tertiary alicyclic amines) is 1. The summed E-state index contributed by atoms with van der Waals surface area (Å²) in [6, 6.07) is 0.409. The highest BCUT2D eigenvalue weighted by molar-refractivity contribution is 5.69. The average Bonchev–Trinajstić information content (AvgIpc) is 3.17. The molecular formula is C47H89N3O4. The maximum absolute atomic E-state index is 12.5. The first-order valence-electron chi connectivity index (χ1n) is 23.4. The van der Waals surface area contributed by atoms with Crippen LogP contribution < -0.4 is 5.73 Å². The summed E-state index contributed by atoms with van der Waals surface area (Å²) in [5.41, 5.74) is 5.79. The molecule has 0 aromatic rings. The second kappa shape index (κ2) is 39.5. The Balaban J connectivity index is 2.16. The molecule has 0 atom stereocenters. The number of esters is 2. The van der Waals surface area contributed by atoms with Crippen molar-refractivity contribution in [1.29, 1.82) is 0 Å². The van der Waals surface area contributed by atoms with Crippen molar-refractivity contribution in [3.63, 3.8) is 0 Å². The third-order valence-electron chi connectivity index (χ3n) is 11.1. The van der Waals surface area contributed by atoms with Crippen LogP contribution in [-0.2, 0) is 19.1 Å². The molecule has 0 aromatic carbocycles. The first-order valence-corrected chi connectivity index (χ1v) is 23.4. The average molecular weight is 760 g/mol. The lowest BCUT2D eigenvalue weighted by atomic mass is 10.0. The van der Waals surface area contributed by atoms with Crippen molar-refractivity contribution < 1.29 is 19.1 Å². The summed E-state index contributed by atoms with van der Waals surface area (Å²) >= 11 is 0. The maximum atomic E-state index is 12.5. The molecule has 1 aliphatic heterocycles. The zero-order valence-corrected chi connectivity index (χ0v) is 35.9. The number of ether oxygens (including phenoxy) is 2. The molecule has 0 saturated carbocycles. The van der Waals surface area contributed by atoms with Crippen LogP contribution in [0.3, 0.4) is 0 Å². The summed E-state index contributed by atoms with van der Waals surface area (Å²) in [5.74, 6) is -0.173. The number of carbonyl (C=O) groups is 2. The number of hydrogen-bond donors (Lipinski definition) is 1. The van der Waals surface area contributed by atoms with Crippen molar-refractivity contribution >= 4 is 11.9 Å². The predicted octanol–water partition coefficient (Wildman–Crippen LogP) is 11.9. The van der Waals surface area contributed by atoms with Gasteiger partial charge >= 0.3 is 11.9 Å². The van der Waals surface area contributed by atoms with Crippen molar-refractivity contribution in [2.45, 2.75) is 213 Å². The van der Waals surface area contributed by atoms with Crippen LogP contribution in [-0.4, -0.2) is 80.3 Å². The number of allylic oxidation sites excluding steroid dienone is 4. The molecule has 0 bridgehead atoms. The van der Waals surface area contributed by atoms with Crippen LogP contribution in [0, 0.1) is 0 Å². The molecule has 0 unspecified atom stereocenters. The van der Waals surface area contributed by atoms with Gasteiger partial charge in [-0.3, -0.25) is 14.5 Å². The highest BCUT2D eigenvalue weighted by Crippen LogP contribution is 2.17. The van der Waals surface area contributed by atoms with Gasteiger partial charge in [0.15, 0.2) is 0 Å². The lowest BCUT2D eigenvalue weighted by Gasteiger charge is -2.38. The van der Waals surface area contributed by atoms with E-state index < -0.39 is 0 Å². The van der Waals surface area contributed by atoms with Crippen LogP contribution in [0.25, 0.3) is 0 Å². The van der Waals surface area contributed by atoms with Gasteiger partial charge in [-0.2, -0.15) is 0 Å². The van der Waals surface area contributed by atoms with Crippen LogP contribution in [0.5, 0.6) is 0 Å². The van der Waals surface area contributed by atoms with Crippen LogP contribution >= 0.6 is 0 Å². The van der Waals surface area contributed by atoms with Crippen LogP contribution in [0.1, 0.15) is 206 Å². The zero-order chi connectivity index (χ0) is 39.0. The van der Waals surface area contributed by atoms with Gasteiger partial charge in [-0.1, -0.05) is 141 Å². The topological polar surface area (TPSA) is 85.1 Å². The van der Waals surface area contributed by atoms with Crippen LogP contribution in [0.15, 0.2) is 24.3 Å². The smallest absolute Gasteiger partial charge is 0.305 e. The SMILES string of the molecule is CCCCCCCC/C=C\CCCCCCCC(=O)OCCN(CCOC(=O)CCCCCCC/C=C\CCCCCCCC)C1CCN(CCN)CC1. The molecule has 0 aromatic heterocycles. The molecule has 316 valence electrons. The molecule has 1 fully saturated rings.